The highest BCUT2D eigenvalue weighted by atomic mass is 35.5. The molecule has 1 saturated heterocycles. The van der Waals surface area contributed by atoms with Gasteiger partial charge in [-0.1, -0.05) is 29.3 Å². The van der Waals surface area contributed by atoms with E-state index in [0.717, 1.165) is 25.2 Å². The van der Waals surface area contributed by atoms with Crippen LogP contribution in [0.15, 0.2) is 42.5 Å². The summed E-state index contributed by atoms with van der Waals surface area (Å²) < 4.78 is 13.0. The minimum absolute atomic E-state index is 0.0877. The fourth-order valence-electron chi connectivity index (χ4n) is 3.07. The predicted octanol–water partition coefficient (Wildman–Crippen LogP) is 4.32. The van der Waals surface area contributed by atoms with E-state index in [-0.39, 0.29) is 18.1 Å². The summed E-state index contributed by atoms with van der Waals surface area (Å²) >= 11 is 12.2. The van der Waals surface area contributed by atoms with Crippen molar-refractivity contribution in [3.8, 4) is 0 Å². The van der Waals surface area contributed by atoms with Crippen molar-refractivity contribution in [1.82, 2.24) is 5.32 Å². The lowest BCUT2D eigenvalue weighted by Crippen LogP contribution is -2.32. The van der Waals surface area contributed by atoms with Gasteiger partial charge in [0, 0.05) is 35.4 Å². The first-order valence-electron chi connectivity index (χ1n) is 8.23. The molecule has 0 bridgehead atoms. The first kappa shape index (κ1) is 18.0. The van der Waals surface area contributed by atoms with Crippen LogP contribution < -0.4 is 10.2 Å². The number of carbonyl (C=O) groups excluding carboxylic acids is 1. The fraction of sp³-hybridized carbons (Fsp3) is 0.316. The molecule has 3 nitrogen and oxygen atoms in total. The molecule has 0 radical (unpaired) electrons. The van der Waals surface area contributed by atoms with Gasteiger partial charge in [0.1, 0.15) is 5.82 Å². The Morgan fingerprint density at radius 2 is 1.84 bits per heavy atom. The minimum atomic E-state index is -0.231. The number of halogens is 3. The van der Waals surface area contributed by atoms with E-state index in [0.29, 0.717) is 28.1 Å². The van der Waals surface area contributed by atoms with Crippen LogP contribution >= 0.6 is 23.2 Å². The quantitative estimate of drug-likeness (QED) is 0.837. The van der Waals surface area contributed by atoms with Gasteiger partial charge in [-0.3, -0.25) is 4.79 Å². The van der Waals surface area contributed by atoms with Gasteiger partial charge >= 0.3 is 0 Å². The Morgan fingerprint density at radius 3 is 2.52 bits per heavy atom. The third-order valence-corrected chi connectivity index (χ3v) is 5.17. The van der Waals surface area contributed by atoms with Crippen LogP contribution in [-0.2, 0) is 11.2 Å². The lowest BCUT2D eigenvalue weighted by atomic mass is 10.1. The van der Waals surface area contributed by atoms with Crippen molar-refractivity contribution in [2.24, 2.45) is 5.92 Å². The van der Waals surface area contributed by atoms with Gasteiger partial charge in [0.05, 0.1) is 6.42 Å². The average Bonchev–Trinajstić information content (AvgIpc) is 3.06. The summed E-state index contributed by atoms with van der Waals surface area (Å²) in [4.78, 5) is 14.4. The zero-order valence-corrected chi connectivity index (χ0v) is 15.2. The molecule has 1 N–H and O–H groups in total. The zero-order chi connectivity index (χ0) is 17.8. The molecule has 1 atom stereocenters. The summed E-state index contributed by atoms with van der Waals surface area (Å²) in [6.07, 6.45) is 1.16. The van der Waals surface area contributed by atoms with E-state index in [9.17, 15) is 9.18 Å². The molecule has 6 heteroatoms. The number of amides is 1. The Bertz CT molecular complexity index is 731. The second-order valence-corrected chi connectivity index (χ2v) is 7.07. The van der Waals surface area contributed by atoms with E-state index >= 15 is 0 Å². The Hall–Kier alpha value is -1.78. The first-order valence-corrected chi connectivity index (χ1v) is 8.98. The number of hydrogen-bond acceptors (Lipinski definition) is 2. The largest absolute Gasteiger partial charge is 0.371 e. The molecule has 2 aromatic carbocycles. The maximum absolute atomic E-state index is 13.0. The molecular formula is C19H19Cl2FN2O. The maximum Gasteiger partial charge on any atom is 0.224 e. The number of anilines is 1. The number of nitrogens with zero attached hydrogens (tertiary/aromatic N) is 1. The summed E-state index contributed by atoms with van der Waals surface area (Å²) in [6, 6.07) is 11.7. The summed E-state index contributed by atoms with van der Waals surface area (Å²) in [5.41, 5.74) is 1.67. The van der Waals surface area contributed by atoms with Gasteiger partial charge in [-0.2, -0.15) is 0 Å². The Balaban J connectivity index is 1.49. The second-order valence-electron chi connectivity index (χ2n) is 6.26. The van der Waals surface area contributed by atoms with Crippen molar-refractivity contribution in [3.63, 3.8) is 0 Å². The van der Waals surface area contributed by atoms with Gasteiger partial charge in [-0.25, -0.2) is 4.39 Å². The van der Waals surface area contributed by atoms with E-state index in [4.69, 9.17) is 23.2 Å². The van der Waals surface area contributed by atoms with Crippen LogP contribution in [0.3, 0.4) is 0 Å². The molecule has 1 aliphatic rings. The molecule has 1 unspecified atom stereocenters. The number of nitrogens with one attached hydrogen (secondary N) is 1. The van der Waals surface area contributed by atoms with Crippen LogP contribution in [0.4, 0.5) is 10.1 Å². The van der Waals surface area contributed by atoms with Gasteiger partial charge in [0.2, 0.25) is 5.91 Å². The maximum atomic E-state index is 13.0. The molecule has 1 amide bonds. The van der Waals surface area contributed by atoms with Crippen LogP contribution in [0, 0.1) is 11.7 Å². The van der Waals surface area contributed by atoms with Crippen molar-refractivity contribution < 1.29 is 9.18 Å². The molecule has 1 heterocycles. The Morgan fingerprint density at radius 1 is 1.16 bits per heavy atom. The van der Waals surface area contributed by atoms with Crippen molar-refractivity contribution in [2.45, 2.75) is 12.8 Å². The minimum Gasteiger partial charge on any atom is -0.371 e. The molecule has 3 rings (SSSR count). The molecule has 0 spiro atoms. The lowest BCUT2D eigenvalue weighted by Gasteiger charge is -2.19. The Kier molecular flexibility index (Phi) is 5.82. The highest BCUT2D eigenvalue weighted by Gasteiger charge is 2.23. The van der Waals surface area contributed by atoms with Crippen molar-refractivity contribution in [2.75, 3.05) is 24.5 Å². The summed E-state index contributed by atoms with van der Waals surface area (Å²) in [5, 5.41) is 3.98. The molecular weight excluding hydrogens is 362 g/mol. The van der Waals surface area contributed by atoms with Crippen molar-refractivity contribution in [3.05, 3.63) is 63.9 Å². The molecule has 1 fully saturated rings. The van der Waals surface area contributed by atoms with Crippen LogP contribution in [0.2, 0.25) is 10.0 Å². The van der Waals surface area contributed by atoms with Gasteiger partial charge in [-0.05, 0) is 54.3 Å². The smallest absolute Gasteiger partial charge is 0.224 e. The number of benzene rings is 2. The third-order valence-electron chi connectivity index (χ3n) is 4.46. The topological polar surface area (TPSA) is 32.3 Å². The van der Waals surface area contributed by atoms with Gasteiger partial charge < -0.3 is 10.2 Å². The van der Waals surface area contributed by atoms with Crippen LogP contribution in [0.1, 0.15) is 12.0 Å². The highest BCUT2D eigenvalue weighted by Crippen LogP contribution is 2.25. The van der Waals surface area contributed by atoms with Gasteiger partial charge in [0.15, 0.2) is 0 Å². The average molecular weight is 381 g/mol. The van der Waals surface area contributed by atoms with Crippen molar-refractivity contribution >= 4 is 34.8 Å². The first-order chi connectivity index (χ1) is 12.0. The third kappa shape index (κ3) is 4.65. The van der Waals surface area contributed by atoms with Crippen LogP contribution in [-0.4, -0.2) is 25.5 Å². The van der Waals surface area contributed by atoms with Gasteiger partial charge in [0.25, 0.3) is 0 Å². The molecule has 132 valence electrons. The second kappa shape index (κ2) is 8.07. The predicted molar refractivity (Wildman–Crippen MR) is 99.9 cm³/mol. The number of hydrogen-bond donors (Lipinski definition) is 1. The Labute approximate surface area is 156 Å². The zero-order valence-electron chi connectivity index (χ0n) is 13.6. The molecule has 2 aromatic rings. The standard InChI is InChI=1S/C19H19Cl2FN2O/c20-17-2-1-3-18(21)16(17)10-19(25)23-11-13-8-9-24(12-13)15-6-4-14(22)5-7-15/h1-7,13H,8-12H2,(H,23,25). The molecule has 1 aliphatic heterocycles. The fourth-order valence-corrected chi connectivity index (χ4v) is 3.60. The van der Waals surface area contributed by atoms with Crippen molar-refractivity contribution in [1.29, 1.82) is 0 Å². The van der Waals surface area contributed by atoms with E-state index in [2.05, 4.69) is 10.2 Å². The molecule has 0 aromatic heterocycles. The van der Waals surface area contributed by atoms with Crippen LogP contribution in [0.5, 0.6) is 0 Å². The van der Waals surface area contributed by atoms with E-state index in [1.165, 1.54) is 12.1 Å². The number of carbonyl (C=O) groups is 1. The van der Waals surface area contributed by atoms with Crippen LogP contribution in [0.25, 0.3) is 0 Å². The monoisotopic (exact) mass is 380 g/mol. The lowest BCUT2D eigenvalue weighted by molar-refractivity contribution is -0.120. The summed E-state index contributed by atoms with van der Waals surface area (Å²) in [7, 11) is 0. The summed E-state index contributed by atoms with van der Waals surface area (Å²) in [6.45, 7) is 2.36. The molecule has 0 saturated carbocycles. The van der Waals surface area contributed by atoms with E-state index in [1.807, 2.05) is 0 Å². The van der Waals surface area contributed by atoms with E-state index < -0.39 is 0 Å². The summed E-state index contributed by atoms with van der Waals surface area (Å²) in [5.74, 6) is 0.0518. The number of rotatable bonds is 5. The molecule has 0 aliphatic carbocycles. The normalized spacial score (nSPS) is 16.9. The van der Waals surface area contributed by atoms with E-state index in [1.54, 1.807) is 30.3 Å². The van der Waals surface area contributed by atoms with Gasteiger partial charge in [-0.15, -0.1) is 0 Å². The highest BCUT2D eigenvalue weighted by molar-refractivity contribution is 6.36. The molecule has 25 heavy (non-hydrogen) atoms. The SMILES string of the molecule is O=C(Cc1c(Cl)cccc1Cl)NCC1CCN(c2ccc(F)cc2)C1.